The van der Waals surface area contributed by atoms with E-state index in [0.29, 0.717) is 12.5 Å². The molecule has 1 aliphatic heterocycles. The number of rotatable bonds is 5. The number of aryl methyl sites for hydroxylation is 1. The normalized spacial score (nSPS) is 13.9. The number of hydrogen-bond acceptors (Lipinski definition) is 2. The SMILES string of the molecule is CCN(CC)C(N)=NCc1ccc(-c2ccc3c(c2)CCCO3)cc1. The van der Waals surface area contributed by atoms with Crippen LogP contribution in [0.2, 0.25) is 0 Å². The molecular formula is C21H27N3O. The van der Waals surface area contributed by atoms with Crippen LogP contribution in [0.4, 0.5) is 0 Å². The molecule has 1 heterocycles. The van der Waals surface area contributed by atoms with Crippen LogP contribution in [0.15, 0.2) is 47.5 Å². The molecule has 1 aliphatic rings. The van der Waals surface area contributed by atoms with Crippen molar-refractivity contribution < 1.29 is 4.74 Å². The zero-order chi connectivity index (χ0) is 17.6. The van der Waals surface area contributed by atoms with Gasteiger partial charge in [0.15, 0.2) is 5.96 Å². The largest absolute Gasteiger partial charge is 0.493 e. The summed E-state index contributed by atoms with van der Waals surface area (Å²) in [4.78, 5) is 6.56. The highest BCUT2D eigenvalue weighted by atomic mass is 16.5. The molecule has 0 aromatic heterocycles. The second-order valence-corrected chi connectivity index (χ2v) is 6.32. The minimum Gasteiger partial charge on any atom is -0.493 e. The lowest BCUT2D eigenvalue weighted by atomic mass is 9.98. The third-order valence-corrected chi connectivity index (χ3v) is 4.71. The summed E-state index contributed by atoms with van der Waals surface area (Å²) in [5, 5.41) is 0. The quantitative estimate of drug-likeness (QED) is 0.666. The van der Waals surface area contributed by atoms with Crippen molar-refractivity contribution in [3.8, 4) is 16.9 Å². The molecule has 132 valence electrons. The first-order chi connectivity index (χ1) is 12.2. The predicted molar refractivity (Wildman–Crippen MR) is 104 cm³/mol. The van der Waals surface area contributed by atoms with Gasteiger partial charge in [0.25, 0.3) is 0 Å². The van der Waals surface area contributed by atoms with Crippen LogP contribution in [0.5, 0.6) is 5.75 Å². The maximum absolute atomic E-state index is 6.04. The Bertz CT molecular complexity index is 733. The highest BCUT2D eigenvalue weighted by Gasteiger charge is 2.11. The van der Waals surface area contributed by atoms with Gasteiger partial charge < -0.3 is 15.4 Å². The van der Waals surface area contributed by atoms with Crippen LogP contribution in [0.1, 0.15) is 31.4 Å². The van der Waals surface area contributed by atoms with E-state index in [1.807, 2.05) is 0 Å². The van der Waals surface area contributed by atoms with E-state index in [1.165, 1.54) is 22.3 Å². The number of benzene rings is 2. The smallest absolute Gasteiger partial charge is 0.191 e. The Morgan fingerprint density at radius 3 is 2.52 bits per heavy atom. The lowest BCUT2D eigenvalue weighted by molar-refractivity contribution is 0.288. The first-order valence-corrected chi connectivity index (χ1v) is 9.11. The second kappa shape index (κ2) is 8.06. The maximum Gasteiger partial charge on any atom is 0.191 e. The molecule has 0 saturated carbocycles. The number of aliphatic imine (C=N–C) groups is 1. The monoisotopic (exact) mass is 337 g/mol. The summed E-state index contributed by atoms with van der Waals surface area (Å²) in [7, 11) is 0. The van der Waals surface area contributed by atoms with Crippen molar-refractivity contribution in [3.63, 3.8) is 0 Å². The van der Waals surface area contributed by atoms with E-state index in [2.05, 4.69) is 66.2 Å². The summed E-state index contributed by atoms with van der Waals surface area (Å²) in [5.41, 5.74) is 11.0. The highest BCUT2D eigenvalue weighted by molar-refractivity contribution is 5.78. The molecule has 0 amide bonds. The number of guanidine groups is 1. The fourth-order valence-corrected chi connectivity index (χ4v) is 3.16. The van der Waals surface area contributed by atoms with E-state index in [0.717, 1.165) is 38.3 Å². The van der Waals surface area contributed by atoms with E-state index in [1.54, 1.807) is 0 Å². The van der Waals surface area contributed by atoms with Gasteiger partial charge >= 0.3 is 0 Å². The summed E-state index contributed by atoms with van der Waals surface area (Å²) in [5.74, 6) is 1.65. The van der Waals surface area contributed by atoms with Crippen molar-refractivity contribution in [2.45, 2.75) is 33.2 Å². The Balaban J connectivity index is 1.71. The van der Waals surface area contributed by atoms with Crippen molar-refractivity contribution in [1.82, 2.24) is 4.90 Å². The van der Waals surface area contributed by atoms with Crippen LogP contribution >= 0.6 is 0 Å². The van der Waals surface area contributed by atoms with Crippen molar-refractivity contribution in [3.05, 3.63) is 53.6 Å². The average molecular weight is 337 g/mol. The third kappa shape index (κ3) is 4.13. The van der Waals surface area contributed by atoms with Crippen molar-refractivity contribution in [2.75, 3.05) is 19.7 Å². The summed E-state index contributed by atoms with van der Waals surface area (Å²) in [6.45, 7) is 7.38. The summed E-state index contributed by atoms with van der Waals surface area (Å²) in [6.07, 6.45) is 2.20. The molecule has 0 unspecified atom stereocenters. The summed E-state index contributed by atoms with van der Waals surface area (Å²) >= 11 is 0. The number of nitrogens with zero attached hydrogens (tertiary/aromatic N) is 2. The van der Waals surface area contributed by atoms with E-state index >= 15 is 0 Å². The van der Waals surface area contributed by atoms with Gasteiger partial charge in [0.1, 0.15) is 5.75 Å². The van der Waals surface area contributed by atoms with Crippen molar-refractivity contribution >= 4 is 5.96 Å². The third-order valence-electron chi connectivity index (χ3n) is 4.71. The molecule has 0 saturated heterocycles. The van der Waals surface area contributed by atoms with Crippen molar-refractivity contribution in [1.29, 1.82) is 0 Å². The number of fused-ring (bicyclic) bond motifs is 1. The van der Waals surface area contributed by atoms with Crippen LogP contribution < -0.4 is 10.5 Å². The number of ether oxygens (including phenoxy) is 1. The summed E-state index contributed by atoms with van der Waals surface area (Å²) in [6, 6.07) is 15.0. The first kappa shape index (κ1) is 17.3. The second-order valence-electron chi connectivity index (χ2n) is 6.32. The zero-order valence-corrected chi connectivity index (χ0v) is 15.2. The van der Waals surface area contributed by atoms with Gasteiger partial charge in [-0.2, -0.15) is 0 Å². The standard InChI is InChI=1S/C21H27N3O/c1-3-24(4-2)21(22)23-15-16-7-9-17(10-8-16)18-11-12-20-19(14-18)6-5-13-25-20/h7-12,14H,3-6,13,15H2,1-2H3,(H2,22,23). The minimum absolute atomic E-state index is 0.612. The van der Waals surface area contributed by atoms with Gasteiger partial charge in [0, 0.05) is 13.1 Å². The fourth-order valence-electron chi connectivity index (χ4n) is 3.16. The fraction of sp³-hybridized carbons (Fsp3) is 0.381. The first-order valence-electron chi connectivity index (χ1n) is 9.11. The highest BCUT2D eigenvalue weighted by Crippen LogP contribution is 2.30. The average Bonchev–Trinajstić information content (AvgIpc) is 2.67. The van der Waals surface area contributed by atoms with Crippen LogP contribution in [0.25, 0.3) is 11.1 Å². The maximum atomic E-state index is 6.04. The molecule has 2 N–H and O–H groups in total. The number of nitrogens with two attached hydrogens (primary N) is 1. The molecule has 3 rings (SSSR count). The minimum atomic E-state index is 0.612. The van der Waals surface area contributed by atoms with Gasteiger partial charge in [-0.05, 0) is 61.1 Å². The Kier molecular flexibility index (Phi) is 5.59. The topological polar surface area (TPSA) is 50.8 Å². The van der Waals surface area contributed by atoms with E-state index in [4.69, 9.17) is 10.5 Å². The Hall–Kier alpha value is -2.49. The molecule has 4 heteroatoms. The summed E-state index contributed by atoms with van der Waals surface area (Å²) < 4.78 is 5.69. The molecular weight excluding hydrogens is 310 g/mol. The molecule has 0 fully saturated rings. The van der Waals surface area contributed by atoms with Crippen LogP contribution in [0, 0.1) is 0 Å². The van der Waals surface area contributed by atoms with Gasteiger partial charge in [-0.15, -0.1) is 0 Å². The molecule has 0 radical (unpaired) electrons. The van der Waals surface area contributed by atoms with Crippen LogP contribution in [-0.4, -0.2) is 30.6 Å². The molecule has 0 bridgehead atoms. The lowest BCUT2D eigenvalue weighted by Gasteiger charge is -2.19. The van der Waals surface area contributed by atoms with Crippen LogP contribution in [-0.2, 0) is 13.0 Å². The van der Waals surface area contributed by atoms with Gasteiger partial charge in [-0.25, -0.2) is 4.99 Å². The van der Waals surface area contributed by atoms with Gasteiger partial charge in [-0.1, -0.05) is 30.3 Å². The van der Waals surface area contributed by atoms with Gasteiger partial charge in [0.05, 0.1) is 13.2 Å². The molecule has 25 heavy (non-hydrogen) atoms. The molecule has 2 aromatic carbocycles. The Morgan fingerprint density at radius 1 is 1.08 bits per heavy atom. The molecule has 0 aliphatic carbocycles. The zero-order valence-electron chi connectivity index (χ0n) is 15.2. The molecule has 0 atom stereocenters. The molecule has 0 spiro atoms. The van der Waals surface area contributed by atoms with E-state index < -0.39 is 0 Å². The van der Waals surface area contributed by atoms with Gasteiger partial charge in [0.2, 0.25) is 0 Å². The predicted octanol–water partition coefficient (Wildman–Crippen LogP) is 3.84. The Labute approximate surface area is 150 Å². The molecule has 2 aromatic rings. The van der Waals surface area contributed by atoms with Gasteiger partial charge in [-0.3, -0.25) is 0 Å². The lowest BCUT2D eigenvalue weighted by Crippen LogP contribution is -2.37. The molecule has 4 nitrogen and oxygen atoms in total. The number of hydrogen-bond donors (Lipinski definition) is 1. The van der Waals surface area contributed by atoms with Crippen molar-refractivity contribution in [2.24, 2.45) is 10.7 Å². The van der Waals surface area contributed by atoms with E-state index in [-0.39, 0.29) is 0 Å². The Morgan fingerprint density at radius 2 is 1.80 bits per heavy atom. The van der Waals surface area contributed by atoms with Crippen LogP contribution in [0.3, 0.4) is 0 Å². The van der Waals surface area contributed by atoms with E-state index in [9.17, 15) is 0 Å².